The number of tetrazole rings is 1. The van der Waals surface area contributed by atoms with Crippen molar-refractivity contribution >= 4 is 11.6 Å². The van der Waals surface area contributed by atoms with Crippen LogP contribution in [0.25, 0.3) is 0 Å². The summed E-state index contributed by atoms with van der Waals surface area (Å²) in [5, 5.41) is 13.0. The van der Waals surface area contributed by atoms with Crippen LogP contribution < -0.4 is 0 Å². The van der Waals surface area contributed by atoms with Gasteiger partial charge < -0.3 is 0 Å². The zero-order chi connectivity index (χ0) is 15.1. The van der Waals surface area contributed by atoms with Crippen LogP contribution in [0.15, 0.2) is 24.3 Å². The highest BCUT2D eigenvalue weighted by atomic mass is 35.5. The minimum absolute atomic E-state index is 0.418. The molecule has 0 radical (unpaired) electrons. The minimum atomic E-state index is 0.418. The number of rotatable bonds is 6. The van der Waals surface area contributed by atoms with Crippen molar-refractivity contribution < 1.29 is 0 Å². The number of hydrogen-bond acceptors (Lipinski definition) is 4. The van der Waals surface area contributed by atoms with E-state index >= 15 is 0 Å². The van der Waals surface area contributed by atoms with Gasteiger partial charge in [-0.1, -0.05) is 23.7 Å². The van der Waals surface area contributed by atoms with Crippen LogP contribution >= 0.6 is 11.6 Å². The molecule has 4 rings (SSSR count). The number of halogens is 1. The molecule has 2 aromatic rings. The predicted molar refractivity (Wildman–Crippen MR) is 84.5 cm³/mol. The average molecular weight is 318 g/mol. The quantitative estimate of drug-likeness (QED) is 0.820. The van der Waals surface area contributed by atoms with E-state index < -0.39 is 0 Å². The van der Waals surface area contributed by atoms with E-state index in [4.69, 9.17) is 11.6 Å². The molecule has 0 spiro atoms. The number of benzene rings is 1. The molecule has 0 aliphatic heterocycles. The van der Waals surface area contributed by atoms with Gasteiger partial charge >= 0.3 is 0 Å². The fourth-order valence-corrected chi connectivity index (χ4v) is 3.32. The highest BCUT2D eigenvalue weighted by Gasteiger charge is 2.36. The van der Waals surface area contributed by atoms with Crippen LogP contribution in [0, 0.1) is 5.92 Å². The maximum absolute atomic E-state index is 6.03. The molecule has 116 valence electrons. The highest BCUT2D eigenvalue weighted by molar-refractivity contribution is 6.30. The first kappa shape index (κ1) is 14.2. The molecule has 2 aliphatic rings. The largest absolute Gasteiger partial charge is 0.292 e. The van der Waals surface area contributed by atoms with Gasteiger partial charge in [0.25, 0.3) is 0 Å². The van der Waals surface area contributed by atoms with Crippen molar-refractivity contribution in [3.63, 3.8) is 0 Å². The molecule has 6 heteroatoms. The predicted octanol–water partition coefficient (Wildman–Crippen LogP) is 3.24. The zero-order valence-corrected chi connectivity index (χ0v) is 13.4. The second-order valence-corrected chi connectivity index (χ2v) is 6.96. The Hall–Kier alpha value is -1.46. The number of nitrogens with zero attached hydrogens (tertiary/aromatic N) is 5. The van der Waals surface area contributed by atoms with Crippen molar-refractivity contribution in [2.24, 2.45) is 5.92 Å². The van der Waals surface area contributed by atoms with Crippen LogP contribution in [0.5, 0.6) is 0 Å². The van der Waals surface area contributed by atoms with E-state index in [9.17, 15) is 0 Å². The molecule has 1 aromatic heterocycles. The van der Waals surface area contributed by atoms with E-state index in [0.29, 0.717) is 12.1 Å². The second-order valence-electron chi connectivity index (χ2n) is 6.52. The third kappa shape index (κ3) is 2.88. The molecule has 22 heavy (non-hydrogen) atoms. The van der Waals surface area contributed by atoms with Crippen molar-refractivity contribution in [2.75, 3.05) is 7.05 Å². The lowest BCUT2D eigenvalue weighted by molar-refractivity contribution is 0.203. The van der Waals surface area contributed by atoms with Crippen molar-refractivity contribution in [2.45, 2.75) is 44.3 Å². The lowest BCUT2D eigenvalue weighted by atomic mass is 10.0. The first-order chi connectivity index (χ1) is 10.7. The summed E-state index contributed by atoms with van der Waals surface area (Å²) in [6.07, 6.45) is 4.99. The topological polar surface area (TPSA) is 46.8 Å². The molecule has 5 nitrogen and oxygen atoms in total. The highest BCUT2D eigenvalue weighted by Crippen LogP contribution is 2.44. The molecule has 2 aliphatic carbocycles. The molecule has 1 heterocycles. The normalized spacial score (nSPS) is 19.6. The lowest BCUT2D eigenvalue weighted by Crippen LogP contribution is -2.27. The van der Waals surface area contributed by atoms with Gasteiger partial charge in [0.05, 0.1) is 12.6 Å². The van der Waals surface area contributed by atoms with E-state index in [1.165, 1.54) is 31.2 Å². The van der Waals surface area contributed by atoms with E-state index in [1.807, 2.05) is 16.8 Å². The van der Waals surface area contributed by atoms with Gasteiger partial charge in [-0.3, -0.25) is 4.90 Å². The molecule has 2 saturated carbocycles. The van der Waals surface area contributed by atoms with Crippen LogP contribution in [0.3, 0.4) is 0 Å². The Bertz CT molecular complexity index is 645. The van der Waals surface area contributed by atoms with Crippen LogP contribution in [0.4, 0.5) is 0 Å². The standard InChI is InChI=1S/C16H20ClN5/c1-21(10-15-18-19-20-22(15)14-8-9-14)16(11-2-3-11)12-4-6-13(17)7-5-12/h4-7,11,14,16H,2-3,8-10H2,1H3. The van der Waals surface area contributed by atoms with Crippen molar-refractivity contribution in [3.05, 3.63) is 40.7 Å². The van der Waals surface area contributed by atoms with Gasteiger partial charge in [-0.25, -0.2) is 4.68 Å². The third-order valence-corrected chi connectivity index (χ3v) is 4.85. The maximum atomic E-state index is 6.03. The Morgan fingerprint density at radius 2 is 1.95 bits per heavy atom. The Morgan fingerprint density at radius 3 is 2.59 bits per heavy atom. The van der Waals surface area contributed by atoms with Crippen LogP contribution in [0.1, 0.15) is 49.2 Å². The molecule has 0 saturated heterocycles. The van der Waals surface area contributed by atoms with Crippen molar-refractivity contribution in [1.29, 1.82) is 0 Å². The van der Waals surface area contributed by atoms with Gasteiger partial charge in [-0.05, 0) is 66.8 Å². The van der Waals surface area contributed by atoms with Gasteiger partial charge in [0, 0.05) is 11.1 Å². The SMILES string of the molecule is CN(Cc1nnnn1C1CC1)C(c1ccc(Cl)cc1)C1CC1. The summed E-state index contributed by atoms with van der Waals surface area (Å²) in [6.45, 7) is 0.785. The zero-order valence-electron chi connectivity index (χ0n) is 12.7. The average Bonchev–Trinajstić information content (AvgIpc) is 3.42. The molecule has 1 unspecified atom stereocenters. The molecular formula is C16H20ClN5. The maximum Gasteiger partial charge on any atom is 0.165 e. The Labute approximate surface area is 135 Å². The van der Waals surface area contributed by atoms with Gasteiger partial charge in [-0.2, -0.15) is 0 Å². The molecule has 0 amide bonds. The summed E-state index contributed by atoms with van der Waals surface area (Å²) >= 11 is 6.03. The minimum Gasteiger partial charge on any atom is -0.292 e. The third-order valence-electron chi connectivity index (χ3n) is 4.60. The Balaban J connectivity index is 1.54. The van der Waals surface area contributed by atoms with E-state index in [2.05, 4.69) is 39.6 Å². The summed E-state index contributed by atoms with van der Waals surface area (Å²) in [5.41, 5.74) is 1.33. The van der Waals surface area contributed by atoms with Gasteiger partial charge in [0.1, 0.15) is 0 Å². The number of hydrogen-bond donors (Lipinski definition) is 0. The second kappa shape index (κ2) is 5.63. The monoisotopic (exact) mass is 317 g/mol. The van der Waals surface area contributed by atoms with Crippen molar-refractivity contribution in [1.82, 2.24) is 25.1 Å². The van der Waals surface area contributed by atoms with Crippen LogP contribution in [-0.4, -0.2) is 32.2 Å². The summed E-state index contributed by atoms with van der Waals surface area (Å²) in [4.78, 5) is 2.38. The first-order valence-corrected chi connectivity index (χ1v) is 8.32. The Morgan fingerprint density at radius 1 is 1.23 bits per heavy atom. The number of aromatic nitrogens is 4. The van der Waals surface area contributed by atoms with Crippen molar-refractivity contribution in [3.8, 4) is 0 Å². The summed E-state index contributed by atoms with van der Waals surface area (Å²) in [5.74, 6) is 1.71. The van der Waals surface area contributed by atoms with Gasteiger partial charge in [-0.15, -0.1) is 5.10 Å². The molecule has 1 atom stereocenters. The fraction of sp³-hybridized carbons (Fsp3) is 0.562. The molecule has 0 N–H and O–H groups in total. The Kier molecular flexibility index (Phi) is 3.62. The smallest absolute Gasteiger partial charge is 0.165 e. The van der Waals surface area contributed by atoms with Gasteiger partial charge in [0.15, 0.2) is 5.82 Å². The lowest BCUT2D eigenvalue weighted by Gasteiger charge is -2.28. The van der Waals surface area contributed by atoms with E-state index in [1.54, 1.807) is 0 Å². The molecular weight excluding hydrogens is 298 g/mol. The summed E-state index contributed by atoms with van der Waals surface area (Å²) in [6, 6.07) is 9.19. The summed E-state index contributed by atoms with van der Waals surface area (Å²) in [7, 11) is 2.17. The molecule has 2 fully saturated rings. The molecule has 0 bridgehead atoms. The van der Waals surface area contributed by atoms with E-state index in [-0.39, 0.29) is 0 Å². The first-order valence-electron chi connectivity index (χ1n) is 7.95. The van der Waals surface area contributed by atoms with Gasteiger partial charge in [0.2, 0.25) is 0 Å². The summed E-state index contributed by atoms with van der Waals surface area (Å²) < 4.78 is 2.00. The molecule has 1 aromatic carbocycles. The van der Waals surface area contributed by atoms with Crippen LogP contribution in [-0.2, 0) is 6.54 Å². The van der Waals surface area contributed by atoms with E-state index in [0.717, 1.165) is 23.3 Å². The van der Waals surface area contributed by atoms with Crippen LogP contribution in [0.2, 0.25) is 5.02 Å². The fourth-order valence-electron chi connectivity index (χ4n) is 3.20.